The normalized spacial score (nSPS) is 17.9. The molecule has 0 unspecified atom stereocenters. The van der Waals surface area contributed by atoms with E-state index in [1.165, 1.54) is 32.5 Å². The third-order valence-corrected chi connectivity index (χ3v) is 3.85. The summed E-state index contributed by atoms with van der Waals surface area (Å²) in [6.45, 7) is 10.3. The van der Waals surface area contributed by atoms with Crippen molar-refractivity contribution in [3.63, 3.8) is 0 Å². The number of amides is 1. The summed E-state index contributed by atoms with van der Waals surface area (Å²) in [5, 5.41) is 6.24. The molecule has 19 heavy (non-hydrogen) atoms. The smallest absolute Gasteiger partial charge is 0.219 e. The first-order valence-corrected chi connectivity index (χ1v) is 7.75. The Hall–Kier alpha value is -0.610. The van der Waals surface area contributed by atoms with Crippen LogP contribution in [-0.2, 0) is 4.79 Å². The first-order chi connectivity index (χ1) is 9.11. The molecule has 1 fully saturated rings. The number of hydrogen-bond acceptors (Lipinski definition) is 3. The summed E-state index contributed by atoms with van der Waals surface area (Å²) >= 11 is 0. The van der Waals surface area contributed by atoms with Crippen LogP contribution >= 0.6 is 0 Å². The topological polar surface area (TPSA) is 44.4 Å². The first-order valence-electron chi connectivity index (χ1n) is 7.75. The average Bonchev–Trinajstić information content (AvgIpc) is 2.40. The van der Waals surface area contributed by atoms with Gasteiger partial charge in [-0.25, -0.2) is 0 Å². The van der Waals surface area contributed by atoms with Crippen LogP contribution in [0.15, 0.2) is 0 Å². The molecule has 4 nitrogen and oxygen atoms in total. The van der Waals surface area contributed by atoms with E-state index >= 15 is 0 Å². The monoisotopic (exact) mass is 269 g/mol. The zero-order valence-corrected chi connectivity index (χ0v) is 12.9. The second kappa shape index (κ2) is 9.32. The number of piperidine rings is 1. The summed E-state index contributed by atoms with van der Waals surface area (Å²) < 4.78 is 0. The molecule has 2 N–H and O–H groups in total. The van der Waals surface area contributed by atoms with Gasteiger partial charge in [0, 0.05) is 13.5 Å². The number of rotatable bonds is 8. The molecule has 1 aliphatic rings. The minimum Gasteiger partial charge on any atom is -0.359 e. The SMILES string of the molecule is CNC(=O)CCCN1CCC(CNCC(C)C)CC1. The number of nitrogens with one attached hydrogen (secondary N) is 2. The maximum absolute atomic E-state index is 11.1. The molecule has 1 saturated heterocycles. The summed E-state index contributed by atoms with van der Waals surface area (Å²) in [6.07, 6.45) is 4.23. The van der Waals surface area contributed by atoms with E-state index in [9.17, 15) is 4.79 Å². The summed E-state index contributed by atoms with van der Waals surface area (Å²) in [5.74, 6) is 1.74. The van der Waals surface area contributed by atoms with Crippen molar-refractivity contribution >= 4 is 5.91 Å². The van der Waals surface area contributed by atoms with Crippen LogP contribution in [0.4, 0.5) is 0 Å². The number of hydrogen-bond donors (Lipinski definition) is 2. The summed E-state index contributed by atoms with van der Waals surface area (Å²) in [5.41, 5.74) is 0. The van der Waals surface area contributed by atoms with Crippen LogP contribution in [0.2, 0.25) is 0 Å². The van der Waals surface area contributed by atoms with E-state index in [2.05, 4.69) is 29.4 Å². The Kier molecular flexibility index (Phi) is 8.07. The molecule has 0 atom stereocenters. The lowest BCUT2D eigenvalue weighted by molar-refractivity contribution is -0.120. The molecule has 0 bridgehead atoms. The minimum atomic E-state index is 0.160. The van der Waals surface area contributed by atoms with Crippen molar-refractivity contribution in [3.8, 4) is 0 Å². The molecule has 1 aliphatic heterocycles. The number of carbonyl (C=O) groups is 1. The van der Waals surface area contributed by atoms with Crippen LogP contribution in [0.3, 0.4) is 0 Å². The molecule has 0 saturated carbocycles. The molecule has 0 radical (unpaired) electrons. The summed E-state index contributed by atoms with van der Waals surface area (Å²) in [4.78, 5) is 13.6. The van der Waals surface area contributed by atoms with Crippen molar-refractivity contribution in [2.45, 2.75) is 39.5 Å². The fraction of sp³-hybridized carbons (Fsp3) is 0.933. The fourth-order valence-electron chi connectivity index (χ4n) is 2.58. The number of likely N-dealkylation sites (tertiary alicyclic amines) is 1. The van der Waals surface area contributed by atoms with E-state index < -0.39 is 0 Å². The fourth-order valence-corrected chi connectivity index (χ4v) is 2.58. The molecule has 0 aliphatic carbocycles. The molecular formula is C15H31N3O. The highest BCUT2D eigenvalue weighted by Crippen LogP contribution is 2.16. The highest BCUT2D eigenvalue weighted by Gasteiger charge is 2.18. The van der Waals surface area contributed by atoms with Gasteiger partial charge in [0.15, 0.2) is 0 Å². The molecule has 4 heteroatoms. The van der Waals surface area contributed by atoms with Crippen molar-refractivity contribution in [2.24, 2.45) is 11.8 Å². The molecule has 112 valence electrons. The van der Waals surface area contributed by atoms with Crippen molar-refractivity contribution in [3.05, 3.63) is 0 Å². The zero-order valence-electron chi connectivity index (χ0n) is 12.9. The lowest BCUT2D eigenvalue weighted by Gasteiger charge is -2.32. The Labute approximate surface area is 118 Å². The third kappa shape index (κ3) is 7.53. The summed E-state index contributed by atoms with van der Waals surface area (Å²) in [7, 11) is 1.71. The number of nitrogens with zero attached hydrogens (tertiary/aromatic N) is 1. The van der Waals surface area contributed by atoms with Crippen molar-refractivity contribution in [2.75, 3.05) is 39.8 Å². The Balaban J connectivity index is 2.03. The molecule has 0 spiro atoms. The van der Waals surface area contributed by atoms with Gasteiger partial charge in [-0.05, 0) is 63.8 Å². The largest absolute Gasteiger partial charge is 0.359 e. The van der Waals surface area contributed by atoms with Crippen LogP contribution in [0, 0.1) is 11.8 Å². The van der Waals surface area contributed by atoms with Crippen LogP contribution in [0.25, 0.3) is 0 Å². The second-order valence-corrected chi connectivity index (χ2v) is 6.11. The molecule has 0 aromatic rings. The maximum Gasteiger partial charge on any atom is 0.219 e. The van der Waals surface area contributed by atoms with E-state index in [1.54, 1.807) is 7.05 Å². The average molecular weight is 269 g/mol. The van der Waals surface area contributed by atoms with Crippen molar-refractivity contribution in [1.29, 1.82) is 0 Å². The van der Waals surface area contributed by atoms with Gasteiger partial charge in [-0.15, -0.1) is 0 Å². The molecule has 1 heterocycles. The van der Waals surface area contributed by atoms with E-state index in [1.807, 2.05) is 0 Å². The first kappa shape index (κ1) is 16.4. The van der Waals surface area contributed by atoms with Crippen LogP contribution in [0.5, 0.6) is 0 Å². The standard InChI is InChI=1S/C15H31N3O/c1-13(2)11-17-12-14-6-9-18(10-7-14)8-4-5-15(19)16-3/h13-14,17H,4-12H2,1-3H3,(H,16,19). The zero-order chi connectivity index (χ0) is 14.1. The minimum absolute atomic E-state index is 0.160. The highest BCUT2D eigenvalue weighted by molar-refractivity contribution is 5.75. The van der Waals surface area contributed by atoms with E-state index in [4.69, 9.17) is 0 Å². The lowest BCUT2D eigenvalue weighted by atomic mass is 9.96. The maximum atomic E-state index is 11.1. The van der Waals surface area contributed by atoms with Gasteiger partial charge in [0.25, 0.3) is 0 Å². The van der Waals surface area contributed by atoms with Gasteiger partial charge >= 0.3 is 0 Å². The van der Waals surface area contributed by atoms with Crippen LogP contribution in [-0.4, -0.2) is 50.6 Å². The van der Waals surface area contributed by atoms with Gasteiger partial charge in [-0.3, -0.25) is 4.79 Å². The Morgan fingerprint density at radius 2 is 2.00 bits per heavy atom. The quantitative estimate of drug-likeness (QED) is 0.701. The second-order valence-electron chi connectivity index (χ2n) is 6.11. The van der Waals surface area contributed by atoms with E-state index in [0.717, 1.165) is 31.3 Å². The van der Waals surface area contributed by atoms with Crippen molar-refractivity contribution < 1.29 is 4.79 Å². The lowest BCUT2D eigenvalue weighted by Crippen LogP contribution is -2.38. The van der Waals surface area contributed by atoms with Crippen LogP contribution < -0.4 is 10.6 Å². The highest BCUT2D eigenvalue weighted by atomic mass is 16.1. The predicted octanol–water partition coefficient (Wildman–Crippen LogP) is 1.47. The predicted molar refractivity (Wildman–Crippen MR) is 80.2 cm³/mol. The van der Waals surface area contributed by atoms with Crippen LogP contribution in [0.1, 0.15) is 39.5 Å². The summed E-state index contributed by atoms with van der Waals surface area (Å²) in [6, 6.07) is 0. The van der Waals surface area contributed by atoms with Gasteiger partial charge < -0.3 is 15.5 Å². The van der Waals surface area contributed by atoms with Gasteiger partial charge in [-0.2, -0.15) is 0 Å². The Bertz CT molecular complexity index is 248. The Morgan fingerprint density at radius 1 is 1.32 bits per heavy atom. The molecule has 0 aromatic carbocycles. The van der Waals surface area contributed by atoms with Gasteiger partial charge in [0.1, 0.15) is 0 Å². The van der Waals surface area contributed by atoms with Gasteiger partial charge in [0.05, 0.1) is 0 Å². The van der Waals surface area contributed by atoms with Gasteiger partial charge in [-0.1, -0.05) is 13.8 Å². The van der Waals surface area contributed by atoms with E-state index in [-0.39, 0.29) is 5.91 Å². The van der Waals surface area contributed by atoms with Crippen molar-refractivity contribution in [1.82, 2.24) is 15.5 Å². The Morgan fingerprint density at radius 3 is 2.58 bits per heavy atom. The van der Waals surface area contributed by atoms with Gasteiger partial charge in [0.2, 0.25) is 5.91 Å². The third-order valence-electron chi connectivity index (χ3n) is 3.85. The molecule has 0 aromatic heterocycles. The molecule has 1 amide bonds. The molecule has 1 rings (SSSR count). The number of carbonyl (C=O) groups excluding carboxylic acids is 1. The molecular weight excluding hydrogens is 238 g/mol. The van der Waals surface area contributed by atoms with E-state index in [0.29, 0.717) is 6.42 Å².